The molecule has 16 heteroatoms. The van der Waals surface area contributed by atoms with E-state index in [-0.39, 0.29) is 22.5 Å². The third-order valence-corrected chi connectivity index (χ3v) is 9.12. The first kappa shape index (κ1) is 28.6. The molecule has 2 aliphatic heterocycles. The van der Waals surface area contributed by atoms with Gasteiger partial charge in [0.2, 0.25) is 10.5 Å². The van der Waals surface area contributed by atoms with Crippen LogP contribution in [0.5, 0.6) is 0 Å². The third-order valence-electron chi connectivity index (χ3n) is 6.00. The van der Waals surface area contributed by atoms with Crippen molar-refractivity contribution < 1.29 is 50.2 Å². The van der Waals surface area contributed by atoms with Gasteiger partial charge < -0.3 is 10.4 Å². The van der Waals surface area contributed by atoms with Crippen molar-refractivity contribution in [3.05, 3.63) is 82.9 Å². The van der Waals surface area contributed by atoms with Crippen molar-refractivity contribution in [3.8, 4) is 0 Å². The lowest BCUT2D eigenvalue weighted by atomic mass is 10.0. The molecule has 0 bridgehead atoms. The summed E-state index contributed by atoms with van der Waals surface area (Å²) in [5.41, 5.74) is 0.361. The Bertz CT molecular complexity index is 1650. The maximum Gasteiger partial charge on any atom is 0.323 e. The number of carbonyl (C=O) groups excluding carboxylic acids is 3. The first-order valence-electron chi connectivity index (χ1n) is 11.4. The number of rotatable bonds is 10. The lowest BCUT2D eigenvalue weighted by Crippen LogP contribution is -2.45. The average Bonchev–Trinajstić information content (AvgIpc) is 3.29. The van der Waals surface area contributed by atoms with Gasteiger partial charge in [0.15, 0.2) is 0 Å². The molecule has 210 valence electrons. The van der Waals surface area contributed by atoms with Crippen molar-refractivity contribution in [1.29, 1.82) is 0 Å². The van der Waals surface area contributed by atoms with Crippen LogP contribution in [0.4, 0.5) is 0 Å². The van der Waals surface area contributed by atoms with Crippen LogP contribution < -0.4 is 5.32 Å². The van der Waals surface area contributed by atoms with E-state index >= 15 is 0 Å². The number of benzene rings is 2. The third kappa shape index (κ3) is 5.50. The van der Waals surface area contributed by atoms with Crippen molar-refractivity contribution in [3.63, 3.8) is 0 Å². The van der Waals surface area contributed by atoms with Gasteiger partial charge in [-0.1, -0.05) is 60.7 Å². The van der Waals surface area contributed by atoms with Gasteiger partial charge in [-0.3, -0.25) is 38.1 Å². The highest BCUT2D eigenvalue weighted by Crippen LogP contribution is 2.46. The van der Waals surface area contributed by atoms with Crippen LogP contribution in [0.25, 0.3) is 11.4 Å². The molecule has 2 heterocycles. The zero-order valence-corrected chi connectivity index (χ0v) is 21.9. The minimum absolute atomic E-state index is 0.0159. The predicted octanol–water partition coefficient (Wildman–Crippen LogP) is -0.204. The zero-order chi connectivity index (χ0) is 29.4. The maximum atomic E-state index is 13.8. The van der Waals surface area contributed by atoms with Crippen LogP contribution in [0.3, 0.4) is 0 Å². The van der Waals surface area contributed by atoms with Gasteiger partial charge in [-0.2, -0.15) is 16.8 Å². The quantitative estimate of drug-likeness (QED) is 0.265. The number of carboxylic acids is 1. The Hall–Kier alpha value is -4.38. The monoisotopic (exact) mass is 591 g/mol. The highest BCUT2D eigenvalue weighted by atomic mass is 32.3. The number of carboxylic acid groups (broad SMARTS) is 1. The van der Waals surface area contributed by atoms with E-state index in [0.29, 0.717) is 11.1 Å². The lowest BCUT2D eigenvalue weighted by Gasteiger charge is -2.24. The Morgan fingerprint density at radius 3 is 1.50 bits per heavy atom. The van der Waals surface area contributed by atoms with Gasteiger partial charge in [-0.25, -0.2) is 0 Å². The molecule has 40 heavy (non-hydrogen) atoms. The summed E-state index contributed by atoms with van der Waals surface area (Å²) in [5.74, 6) is -4.06. The summed E-state index contributed by atoms with van der Waals surface area (Å²) in [6, 6.07) is 16.0. The van der Waals surface area contributed by atoms with E-state index in [1.807, 2.05) is 5.32 Å². The van der Waals surface area contributed by atoms with Crippen LogP contribution in [0, 0.1) is 0 Å². The van der Waals surface area contributed by atoms with Crippen LogP contribution in [0.2, 0.25) is 0 Å². The van der Waals surface area contributed by atoms with Crippen molar-refractivity contribution in [1.82, 2.24) is 15.1 Å². The second-order valence-corrected chi connectivity index (χ2v) is 12.1. The molecule has 14 nitrogen and oxygen atoms in total. The molecule has 0 saturated carbocycles. The molecule has 0 unspecified atom stereocenters. The lowest BCUT2D eigenvalue weighted by molar-refractivity contribution is -0.140. The topological polar surface area (TPSA) is 216 Å². The highest BCUT2D eigenvalue weighted by Gasteiger charge is 2.49. The first-order valence-corrected chi connectivity index (χ1v) is 14.4. The number of hydrogen-bond acceptors (Lipinski definition) is 8. The molecule has 0 radical (unpaired) electrons. The summed E-state index contributed by atoms with van der Waals surface area (Å²) in [7, 11) is -10.7. The molecule has 4 N–H and O–H groups in total. The molecule has 0 spiro atoms. The Labute approximate surface area is 227 Å². The molecular formula is C24H21N3O11S2. The van der Waals surface area contributed by atoms with Crippen LogP contribution in [0.15, 0.2) is 71.8 Å². The van der Waals surface area contributed by atoms with E-state index in [0.717, 1.165) is 9.80 Å². The van der Waals surface area contributed by atoms with Crippen molar-refractivity contribution in [2.75, 3.05) is 19.6 Å². The van der Waals surface area contributed by atoms with Crippen LogP contribution >= 0.6 is 0 Å². The number of carbonyl (C=O) groups is 4. The number of fused-ring (bicyclic) bond motifs is 1. The van der Waals surface area contributed by atoms with Gasteiger partial charge in [0.25, 0.3) is 32.1 Å². The SMILES string of the molecule is O=C(O)CN1C(=O)C2=C(c3ccccc3)N(CC(=O)NCC(S(=O)(=O)O)S(=O)(=O)O)C(=O)C2=C1c1ccccc1. The largest absolute Gasteiger partial charge is 0.480 e. The maximum absolute atomic E-state index is 13.8. The fourth-order valence-corrected chi connectivity index (χ4v) is 6.20. The van der Waals surface area contributed by atoms with E-state index < -0.39 is 68.1 Å². The summed E-state index contributed by atoms with van der Waals surface area (Å²) < 4.78 is 61.0. The summed E-state index contributed by atoms with van der Waals surface area (Å²) in [6.07, 6.45) is 0. The van der Waals surface area contributed by atoms with Gasteiger partial charge >= 0.3 is 5.97 Å². The van der Waals surface area contributed by atoms with E-state index in [1.165, 1.54) is 0 Å². The molecular weight excluding hydrogens is 570 g/mol. The summed E-state index contributed by atoms with van der Waals surface area (Å²) >= 11 is 0. The summed E-state index contributed by atoms with van der Waals surface area (Å²) in [5, 5.41) is 11.4. The minimum atomic E-state index is -5.33. The van der Waals surface area contributed by atoms with Crippen molar-refractivity contribution in [2.45, 2.75) is 4.58 Å². The number of amides is 3. The van der Waals surface area contributed by atoms with Crippen molar-refractivity contribution in [2.24, 2.45) is 0 Å². The van der Waals surface area contributed by atoms with Gasteiger partial charge in [0.05, 0.1) is 29.1 Å². The molecule has 2 aromatic carbocycles. The fraction of sp³-hybridized carbons (Fsp3) is 0.167. The molecule has 0 fully saturated rings. The summed E-state index contributed by atoms with van der Waals surface area (Å²) in [4.78, 5) is 53.6. The Balaban J connectivity index is 1.79. The summed E-state index contributed by atoms with van der Waals surface area (Å²) in [6.45, 7) is -2.81. The van der Waals surface area contributed by atoms with Crippen LogP contribution in [-0.2, 0) is 39.4 Å². The van der Waals surface area contributed by atoms with Gasteiger partial charge in [-0.15, -0.1) is 0 Å². The van der Waals surface area contributed by atoms with E-state index in [4.69, 9.17) is 9.11 Å². The fourth-order valence-electron chi connectivity index (χ4n) is 4.39. The smallest absolute Gasteiger partial charge is 0.323 e. The van der Waals surface area contributed by atoms with Gasteiger partial charge in [-0.05, 0) is 11.1 Å². The number of hydrogen-bond donors (Lipinski definition) is 4. The van der Waals surface area contributed by atoms with Crippen LogP contribution in [0.1, 0.15) is 11.1 Å². The molecule has 3 amide bonds. The van der Waals surface area contributed by atoms with Gasteiger partial charge in [0, 0.05) is 0 Å². The number of nitrogens with zero attached hydrogens (tertiary/aromatic N) is 2. The van der Waals surface area contributed by atoms with Gasteiger partial charge in [0.1, 0.15) is 13.1 Å². The molecule has 0 saturated heterocycles. The van der Waals surface area contributed by atoms with E-state index in [9.17, 15) is 41.1 Å². The number of nitrogens with one attached hydrogen (secondary N) is 1. The highest BCUT2D eigenvalue weighted by molar-refractivity contribution is 8.04. The first-order chi connectivity index (χ1) is 18.7. The normalized spacial score (nSPS) is 15.8. The van der Waals surface area contributed by atoms with E-state index in [1.54, 1.807) is 60.7 Å². The number of aliphatic carboxylic acids is 1. The molecule has 4 rings (SSSR count). The minimum Gasteiger partial charge on any atom is -0.480 e. The zero-order valence-electron chi connectivity index (χ0n) is 20.3. The van der Waals surface area contributed by atoms with E-state index in [2.05, 4.69) is 0 Å². The van der Waals surface area contributed by atoms with Crippen LogP contribution in [-0.4, -0.2) is 88.8 Å². The molecule has 2 aromatic rings. The van der Waals surface area contributed by atoms with Crippen molar-refractivity contribution >= 4 is 55.3 Å². The molecule has 2 aliphatic rings. The second-order valence-electron chi connectivity index (χ2n) is 8.62. The molecule has 0 aromatic heterocycles. The Kier molecular flexibility index (Phi) is 7.62. The Morgan fingerprint density at radius 1 is 0.725 bits per heavy atom. The molecule has 0 aliphatic carbocycles. The average molecular weight is 592 g/mol. The standard InChI is InChI=1S/C24H21N3O11S2/c28-16(25-11-18(39(33,34)35)40(36,37)38)12-26-21(14-7-3-1-4-8-14)19-20(23(26)31)22(15-9-5-2-6-10-15)27(24(19)32)13-17(29)30/h1-10,18H,11-13H2,(H,25,28)(H,29,30)(H,33,34,35)(H,36,37,38). The molecule has 0 atom stereocenters. The second kappa shape index (κ2) is 10.6. The Morgan fingerprint density at radius 2 is 1.12 bits per heavy atom. The predicted molar refractivity (Wildman–Crippen MR) is 138 cm³/mol.